The van der Waals surface area contributed by atoms with Gasteiger partial charge in [-0.2, -0.15) is 5.10 Å². The highest BCUT2D eigenvalue weighted by Gasteiger charge is 2.19. The highest BCUT2D eigenvalue weighted by Crippen LogP contribution is 2.23. The van der Waals surface area contributed by atoms with E-state index in [0.29, 0.717) is 12.2 Å². The second-order valence-electron chi connectivity index (χ2n) is 6.92. The second-order valence-corrected chi connectivity index (χ2v) is 6.92. The highest BCUT2D eigenvalue weighted by atomic mass is 16.5. The minimum absolute atomic E-state index is 0.0774. The van der Waals surface area contributed by atoms with Crippen molar-refractivity contribution >= 4 is 11.6 Å². The molecule has 1 amide bonds. The van der Waals surface area contributed by atoms with Gasteiger partial charge in [0.1, 0.15) is 5.69 Å². The molecule has 2 aromatic carbocycles. The van der Waals surface area contributed by atoms with E-state index in [9.17, 15) is 4.79 Å². The predicted molar refractivity (Wildman–Crippen MR) is 109 cm³/mol. The normalized spacial score (nSPS) is 14.1. The fourth-order valence-electron chi connectivity index (χ4n) is 3.48. The van der Waals surface area contributed by atoms with Crippen molar-refractivity contribution in [2.45, 2.75) is 6.54 Å². The fourth-order valence-corrected chi connectivity index (χ4v) is 3.48. The Hall–Kier alpha value is -3.12. The van der Waals surface area contributed by atoms with Crippen molar-refractivity contribution in [2.24, 2.45) is 0 Å². The Kier molecular flexibility index (Phi) is 5.39. The smallest absolute Gasteiger partial charge is 0.271 e. The molecular weight excluding hydrogens is 352 g/mol. The average Bonchev–Trinajstić information content (AvgIpc) is 3.25. The largest absolute Gasteiger partial charge is 0.378 e. The number of H-pyrrole nitrogens is 1. The Morgan fingerprint density at radius 2 is 1.82 bits per heavy atom. The van der Waals surface area contributed by atoms with Gasteiger partial charge in [0.2, 0.25) is 0 Å². The van der Waals surface area contributed by atoms with Crippen molar-refractivity contribution in [1.29, 1.82) is 0 Å². The van der Waals surface area contributed by atoms with Crippen LogP contribution in [0.2, 0.25) is 0 Å². The zero-order chi connectivity index (χ0) is 19.3. The maximum absolute atomic E-state index is 12.9. The Morgan fingerprint density at radius 1 is 1.11 bits per heavy atom. The molecule has 1 saturated heterocycles. The number of hydrogen-bond acceptors (Lipinski definition) is 4. The summed E-state index contributed by atoms with van der Waals surface area (Å²) in [6.07, 6.45) is 0. The molecule has 2 heterocycles. The summed E-state index contributed by atoms with van der Waals surface area (Å²) in [5, 5.41) is 7.17. The predicted octanol–water partition coefficient (Wildman–Crippen LogP) is 3.19. The van der Waals surface area contributed by atoms with Crippen LogP contribution in [0.5, 0.6) is 0 Å². The molecule has 0 radical (unpaired) electrons. The number of aromatic amines is 1. The van der Waals surface area contributed by atoms with Gasteiger partial charge in [-0.3, -0.25) is 9.89 Å². The first kappa shape index (κ1) is 18.3. The number of anilines is 1. The first-order valence-electron chi connectivity index (χ1n) is 9.49. The van der Waals surface area contributed by atoms with Crippen molar-refractivity contribution in [2.75, 3.05) is 38.3 Å². The summed E-state index contributed by atoms with van der Waals surface area (Å²) in [4.78, 5) is 16.9. The van der Waals surface area contributed by atoms with Gasteiger partial charge in [-0.05, 0) is 17.7 Å². The molecule has 0 atom stereocenters. The molecule has 28 heavy (non-hydrogen) atoms. The maximum atomic E-state index is 12.9. The van der Waals surface area contributed by atoms with E-state index in [-0.39, 0.29) is 5.91 Å². The van der Waals surface area contributed by atoms with E-state index in [1.165, 1.54) is 5.69 Å². The first-order chi connectivity index (χ1) is 13.7. The number of benzene rings is 2. The monoisotopic (exact) mass is 376 g/mol. The maximum Gasteiger partial charge on any atom is 0.271 e. The molecule has 0 aliphatic carbocycles. The van der Waals surface area contributed by atoms with Crippen LogP contribution in [0.3, 0.4) is 0 Å². The lowest BCUT2D eigenvalue weighted by molar-refractivity contribution is 0.0779. The topological polar surface area (TPSA) is 61.5 Å². The number of para-hydroxylation sites is 1. The lowest BCUT2D eigenvalue weighted by Crippen LogP contribution is -2.37. The Balaban J connectivity index is 1.49. The summed E-state index contributed by atoms with van der Waals surface area (Å²) in [6, 6.07) is 19.9. The number of aromatic nitrogens is 2. The molecule has 3 aromatic rings. The number of nitrogens with one attached hydrogen (secondary N) is 1. The van der Waals surface area contributed by atoms with Gasteiger partial charge in [0, 0.05) is 37.9 Å². The molecule has 0 saturated carbocycles. The Labute approximate surface area is 164 Å². The van der Waals surface area contributed by atoms with Gasteiger partial charge in [0.25, 0.3) is 5.91 Å². The number of carbonyl (C=O) groups excluding carboxylic acids is 1. The van der Waals surface area contributed by atoms with Gasteiger partial charge < -0.3 is 14.5 Å². The van der Waals surface area contributed by atoms with Gasteiger partial charge in [-0.1, -0.05) is 48.5 Å². The second kappa shape index (κ2) is 8.27. The zero-order valence-corrected chi connectivity index (χ0v) is 16.0. The standard InChI is InChI=1S/C22H24N4O2/c1-25(16-18-9-5-6-10-21(18)26-11-13-28-14-12-26)22(27)20-15-19(23-24-20)17-7-3-2-4-8-17/h2-10,15H,11-14,16H2,1H3,(H,23,24). The van der Waals surface area contributed by atoms with E-state index in [4.69, 9.17) is 4.74 Å². The summed E-state index contributed by atoms with van der Waals surface area (Å²) < 4.78 is 5.46. The molecule has 1 N–H and O–H groups in total. The van der Waals surface area contributed by atoms with Gasteiger partial charge in [-0.15, -0.1) is 0 Å². The summed E-state index contributed by atoms with van der Waals surface area (Å²) in [7, 11) is 1.82. The summed E-state index contributed by atoms with van der Waals surface area (Å²) in [5.41, 5.74) is 4.54. The van der Waals surface area contributed by atoms with Crippen molar-refractivity contribution in [1.82, 2.24) is 15.1 Å². The van der Waals surface area contributed by atoms with E-state index in [0.717, 1.165) is 43.1 Å². The quantitative estimate of drug-likeness (QED) is 0.743. The third-order valence-corrected chi connectivity index (χ3v) is 4.98. The number of amides is 1. The molecule has 6 heteroatoms. The number of carbonyl (C=O) groups is 1. The van der Waals surface area contributed by atoms with Crippen LogP contribution in [0, 0.1) is 0 Å². The van der Waals surface area contributed by atoms with Crippen LogP contribution < -0.4 is 4.90 Å². The number of rotatable bonds is 5. The van der Waals surface area contributed by atoms with Crippen molar-refractivity contribution in [3.8, 4) is 11.3 Å². The minimum Gasteiger partial charge on any atom is -0.378 e. The highest BCUT2D eigenvalue weighted by molar-refractivity contribution is 5.93. The Morgan fingerprint density at radius 3 is 2.61 bits per heavy atom. The number of morpholine rings is 1. The third-order valence-electron chi connectivity index (χ3n) is 4.98. The van der Waals surface area contributed by atoms with Gasteiger partial charge in [0.15, 0.2) is 0 Å². The number of ether oxygens (including phenoxy) is 1. The van der Waals surface area contributed by atoms with Crippen LogP contribution in [-0.2, 0) is 11.3 Å². The third kappa shape index (κ3) is 3.92. The molecular formula is C22H24N4O2. The van der Waals surface area contributed by atoms with Crippen LogP contribution in [0.25, 0.3) is 11.3 Å². The van der Waals surface area contributed by atoms with Gasteiger partial charge >= 0.3 is 0 Å². The van der Waals surface area contributed by atoms with Gasteiger partial charge in [0.05, 0.1) is 18.9 Å². The molecule has 0 unspecified atom stereocenters. The first-order valence-corrected chi connectivity index (χ1v) is 9.49. The molecule has 144 valence electrons. The minimum atomic E-state index is -0.0774. The summed E-state index contributed by atoms with van der Waals surface area (Å²) in [5.74, 6) is -0.0774. The van der Waals surface area contributed by atoms with Crippen LogP contribution in [0.4, 0.5) is 5.69 Å². The molecule has 1 aliphatic heterocycles. The fraction of sp³-hybridized carbons (Fsp3) is 0.273. The zero-order valence-electron chi connectivity index (χ0n) is 16.0. The molecule has 1 aromatic heterocycles. The molecule has 6 nitrogen and oxygen atoms in total. The van der Waals surface area contributed by atoms with Crippen molar-refractivity contribution in [3.05, 3.63) is 71.9 Å². The van der Waals surface area contributed by atoms with Gasteiger partial charge in [-0.25, -0.2) is 0 Å². The van der Waals surface area contributed by atoms with Crippen LogP contribution in [0.1, 0.15) is 16.1 Å². The molecule has 4 rings (SSSR count). The van der Waals surface area contributed by atoms with Crippen LogP contribution in [-0.4, -0.2) is 54.4 Å². The molecule has 1 fully saturated rings. The van der Waals surface area contributed by atoms with Crippen molar-refractivity contribution < 1.29 is 9.53 Å². The number of nitrogens with zero attached hydrogens (tertiary/aromatic N) is 3. The number of hydrogen-bond donors (Lipinski definition) is 1. The lowest BCUT2D eigenvalue weighted by Gasteiger charge is -2.31. The Bertz CT molecular complexity index is 932. The summed E-state index contributed by atoms with van der Waals surface area (Å²) in [6.45, 7) is 3.75. The van der Waals surface area contributed by atoms with Crippen molar-refractivity contribution in [3.63, 3.8) is 0 Å². The molecule has 0 spiro atoms. The van der Waals surface area contributed by atoms with E-state index in [2.05, 4.69) is 27.2 Å². The SMILES string of the molecule is CN(Cc1ccccc1N1CCOCC1)C(=O)c1cc(-c2ccccc2)n[nH]1. The van der Waals surface area contributed by atoms with Crippen LogP contribution in [0.15, 0.2) is 60.7 Å². The molecule has 0 bridgehead atoms. The van der Waals surface area contributed by atoms with E-state index in [1.807, 2.05) is 55.6 Å². The van der Waals surface area contributed by atoms with E-state index >= 15 is 0 Å². The lowest BCUT2D eigenvalue weighted by atomic mass is 10.1. The molecule has 1 aliphatic rings. The van der Waals surface area contributed by atoms with E-state index in [1.54, 1.807) is 4.90 Å². The average molecular weight is 376 g/mol. The summed E-state index contributed by atoms with van der Waals surface area (Å²) >= 11 is 0. The van der Waals surface area contributed by atoms with E-state index < -0.39 is 0 Å². The van der Waals surface area contributed by atoms with Crippen LogP contribution >= 0.6 is 0 Å².